The highest BCUT2D eigenvalue weighted by atomic mass is 19.3. The number of nitrogens with two attached hydrogens (primary N) is 1. The maximum absolute atomic E-state index is 12.2. The summed E-state index contributed by atoms with van der Waals surface area (Å²) in [4.78, 5) is 4.05. The third-order valence-electron chi connectivity index (χ3n) is 3.23. The first-order valence-electron chi connectivity index (χ1n) is 7.30. The molecule has 2 aromatic rings. The molecule has 128 valence electrons. The number of aliphatic imine (C=N–C) groups is 1. The lowest BCUT2D eigenvalue weighted by Crippen LogP contribution is -2.23. The highest BCUT2D eigenvalue weighted by Gasteiger charge is 2.10. The summed E-state index contributed by atoms with van der Waals surface area (Å²) in [7, 11) is 0. The molecule has 1 atom stereocenters. The predicted molar refractivity (Wildman–Crippen MR) is 89.3 cm³/mol. The average Bonchev–Trinajstić information content (AvgIpc) is 2.54. The molecular weight excluding hydrogens is 316 g/mol. The Hall–Kier alpha value is -2.67. The van der Waals surface area contributed by atoms with E-state index in [0.717, 1.165) is 11.3 Å². The first-order valence-corrected chi connectivity index (χ1v) is 7.30. The minimum Gasteiger partial charge on any atom is -0.435 e. The number of hydrogen-bond acceptors (Lipinski definition) is 3. The van der Waals surface area contributed by atoms with E-state index >= 15 is 0 Å². The van der Waals surface area contributed by atoms with Gasteiger partial charge in [-0.15, -0.1) is 0 Å². The standard InChI is InChI=1S/C17H19F2N3O2/c1-11-5-7-13(8-6-11)22-17(20)21-10-15(23)12-3-2-4-14(9-12)24-16(18)19/h2-9,15-16,23H,10H2,1H3,(H3,20,21,22). The monoisotopic (exact) mass is 335 g/mol. The number of ether oxygens (including phenoxy) is 1. The number of aliphatic hydroxyl groups is 1. The lowest BCUT2D eigenvalue weighted by atomic mass is 10.1. The largest absolute Gasteiger partial charge is 0.435 e. The van der Waals surface area contributed by atoms with Crippen LogP contribution in [0.25, 0.3) is 0 Å². The van der Waals surface area contributed by atoms with Gasteiger partial charge in [-0.25, -0.2) is 0 Å². The van der Waals surface area contributed by atoms with Crippen molar-refractivity contribution in [2.75, 3.05) is 11.9 Å². The minimum atomic E-state index is -2.91. The zero-order valence-corrected chi connectivity index (χ0v) is 13.1. The lowest BCUT2D eigenvalue weighted by molar-refractivity contribution is -0.0499. The first kappa shape index (κ1) is 17.7. The Morgan fingerprint density at radius 2 is 1.96 bits per heavy atom. The fourth-order valence-electron chi connectivity index (χ4n) is 2.01. The second kappa shape index (κ2) is 8.26. The molecule has 5 nitrogen and oxygen atoms in total. The molecule has 0 aliphatic rings. The molecule has 1 unspecified atom stereocenters. The van der Waals surface area contributed by atoms with E-state index < -0.39 is 12.7 Å². The van der Waals surface area contributed by atoms with Crippen molar-refractivity contribution >= 4 is 11.6 Å². The summed E-state index contributed by atoms with van der Waals surface area (Å²) >= 11 is 0. The Balaban J connectivity index is 1.95. The number of alkyl halides is 2. The van der Waals surface area contributed by atoms with Gasteiger partial charge in [-0.1, -0.05) is 29.8 Å². The molecule has 2 aromatic carbocycles. The van der Waals surface area contributed by atoms with Crippen LogP contribution in [-0.2, 0) is 0 Å². The van der Waals surface area contributed by atoms with Gasteiger partial charge in [-0.05, 0) is 36.8 Å². The number of halogens is 2. The Kier molecular flexibility index (Phi) is 6.08. The van der Waals surface area contributed by atoms with Crippen molar-refractivity contribution in [3.63, 3.8) is 0 Å². The van der Waals surface area contributed by atoms with Gasteiger partial charge < -0.3 is 20.9 Å². The Labute approximate surface area is 138 Å². The summed E-state index contributed by atoms with van der Waals surface area (Å²) in [6.45, 7) is -0.948. The van der Waals surface area contributed by atoms with E-state index in [-0.39, 0.29) is 18.3 Å². The summed E-state index contributed by atoms with van der Waals surface area (Å²) in [5, 5.41) is 13.0. The van der Waals surface area contributed by atoms with Crippen molar-refractivity contribution in [2.45, 2.75) is 19.6 Å². The number of anilines is 1. The Bertz CT molecular complexity index is 690. The van der Waals surface area contributed by atoms with Crippen LogP contribution in [0.5, 0.6) is 5.75 Å². The van der Waals surface area contributed by atoms with Crippen LogP contribution in [0.4, 0.5) is 14.5 Å². The summed E-state index contributed by atoms with van der Waals surface area (Å²) in [5.41, 5.74) is 8.09. The second-order valence-corrected chi connectivity index (χ2v) is 5.18. The van der Waals surface area contributed by atoms with Crippen LogP contribution in [0.2, 0.25) is 0 Å². The van der Waals surface area contributed by atoms with E-state index in [2.05, 4.69) is 15.0 Å². The molecule has 0 saturated carbocycles. The molecule has 4 N–H and O–H groups in total. The SMILES string of the molecule is Cc1ccc(NC(N)=NCC(O)c2cccc(OC(F)F)c2)cc1. The van der Waals surface area contributed by atoms with E-state index in [1.54, 1.807) is 6.07 Å². The predicted octanol–water partition coefficient (Wildman–Crippen LogP) is 3.06. The summed E-state index contributed by atoms with van der Waals surface area (Å²) in [6, 6.07) is 13.4. The van der Waals surface area contributed by atoms with Crippen LogP contribution < -0.4 is 15.8 Å². The van der Waals surface area contributed by atoms with E-state index in [1.165, 1.54) is 18.2 Å². The summed E-state index contributed by atoms with van der Waals surface area (Å²) < 4.78 is 28.7. The van der Waals surface area contributed by atoms with Gasteiger partial charge in [-0.3, -0.25) is 4.99 Å². The molecule has 0 aliphatic carbocycles. The van der Waals surface area contributed by atoms with Crippen molar-refractivity contribution < 1.29 is 18.6 Å². The lowest BCUT2D eigenvalue weighted by Gasteiger charge is -2.12. The summed E-state index contributed by atoms with van der Waals surface area (Å²) in [6.07, 6.45) is -0.982. The first-order chi connectivity index (χ1) is 11.4. The molecule has 0 bridgehead atoms. The molecule has 0 aromatic heterocycles. The second-order valence-electron chi connectivity index (χ2n) is 5.18. The molecule has 7 heteroatoms. The summed E-state index contributed by atoms with van der Waals surface area (Å²) in [5.74, 6) is 0.133. The van der Waals surface area contributed by atoms with Gasteiger partial charge in [0, 0.05) is 5.69 Å². The number of rotatable bonds is 6. The molecule has 0 aliphatic heterocycles. The highest BCUT2D eigenvalue weighted by Crippen LogP contribution is 2.21. The molecule has 0 fully saturated rings. The van der Waals surface area contributed by atoms with Gasteiger partial charge in [-0.2, -0.15) is 8.78 Å². The van der Waals surface area contributed by atoms with E-state index in [1.807, 2.05) is 31.2 Å². The number of aliphatic hydroxyl groups excluding tert-OH is 1. The number of guanidine groups is 1. The number of nitrogens with zero attached hydrogens (tertiary/aromatic N) is 1. The minimum absolute atomic E-state index is 0.0111. The van der Waals surface area contributed by atoms with Gasteiger partial charge in [0.05, 0.1) is 12.6 Å². The van der Waals surface area contributed by atoms with E-state index in [0.29, 0.717) is 5.56 Å². The van der Waals surface area contributed by atoms with Gasteiger partial charge >= 0.3 is 6.61 Å². The Morgan fingerprint density at radius 1 is 1.25 bits per heavy atom. The number of hydrogen-bond donors (Lipinski definition) is 3. The fraction of sp³-hybridized carbons (Fsp3) is 0.235. The van der Waals surface area contributed by atoms with Crippen LogP contribution in [0.15, 0.2) is 53.5 Å². The van der Waals surface area contributed by atoms with Crippen molar-refractivity contribution in [1.29, 1.82) is 0 Å². The number of benzene rings is 2. The molecule has 0 heterocycles. The van der Waals surface area contributed by atoms with Crippen LogP contribution in [0, 0.1) is 6.92 Å². The third kappa shape index (κ3) is 5.51. The van der Waals surface area contributed by atoms with Gasteiger partial charge in [0.15, 0.2) is 5.96 Å². The van der Waals surface area contributed by atoms with Crippen LogP contribution in [0.1, 0.15) is 17.2 Å². The van der Waals surface area contributed by atoms with Crippen LogP contribution >= 0.6 is 0 Å². The maximum atomic E-state index is 12.2. The zero-order valence-electron chi connectivity index (χ0n) is 13.1. The normalized spacial score (nSPS) is 13.0. The third-order valence-corrected chi connectivity index (χ3v) is 3.23. The number of aryl methyl sites for hydroxylation is 1. The fourth-order valence-corrected chi connectivity index (χ4v) is 2.01. The average molecular weight is 335 g/mol. The molecule has 0 radical (unpaired) electrons. The molecule has 0 amide bonds. The molecule has 0 saturated heterocycles. The quantitative estimate of drug-likeness (QED) is 0.560. The zero-order chi connectivity index (χ0) is 17.5. The van der Waals surface area contributed by atoms with Crippen LogP contribution in [0.3, 0.4) is 0 Å². The van der Waals surface area contributed by atoms with E-state index in [4.69, 9.17) is 5.73 Å². The van der Waals surface area contributed by atoms with Crippen LogP contribution in [-0.4, -0.2) is 24.2 Å². The topological polar surface area (TPSA) is 79.9 Å². The molecule has 24 heavy (non-hydrogen) atoms. The molecule has 0 spiro atoms. The smallest absolute Gasteiger partial charge is 0.387 e. The molecule has 2 rings (SSSR count). The van der Waals surface area contributed by atoms with Crippen molar-refractivity contribution in [2.24, 2.45) is 10.7 Å². The van der Waals surface area contributed by atoms with E-state index in [9.17, 15) is 13.9 Å². The van der Waals surface area contributed by atoms with Gasteiger partial charge in [0.25, 0.3) is 0 Å². The maximum Gasteiger partial charge on any atom is 0.387 e. The number of nitrogens with one attached hydrogen (secondary N) is 1. The van der Waals surface area contributed by atoms with Crippen molar-refractivity contribution in [3.8, 4) is 5.75 Å². The Morgan fingerprint density at radius 3 is 2.62 bits per heavy atom. The highest BCUT2D eigenvalue weighted by molar-refractivity contribution is 5.92. The van der Waals surface area contributed by atoms with Crippen molar-refractivity contribution in [1.82, 2.24) is 0 Å². The van der Waals surface area contributed by atoms with Crippen molar-refractivity contribution in [3.05, 3.63) is 59.7 Å². The van der Waals surface area contributed by atoms with Gasteiger partial charge in [0.1, 0.15) is 5.75 Å². The molecular formula is C17H19F2N3O2. The van der Waals surface area contributed by atoms with Gasteiger partial charge in [0.2, 0.25) is 0 Å².